The van der Waals surface area contributed by atoms with Gasteiger partial charge in [0.25, 0.3) is 10.2 Å². The number of rotatable bonds is 5. The van der Waals surface area contributed by atoms with Crippen LogP contribution in [0.3, 0.4) is 0 Å². The van der Waals surface area contributed by atoms with Crippen LogP contribution in [0.25, 0.3) is 10.6 Å². The van der Waals surface area contributed by atoms with E-state index in [1.165, 1.54) is 16.0 Å². The molecule has 0 saturated carbocycles. The quantitative estimate of drug-likeness (QED) is 0.746. The van der Waals surface area contributed by atoms with Gasteiger partial charge in [-0.3, -0.25) is 4.90 Å². The summed E-state index contributed by atoms with van der Waals surface area (Å²) in [5, 5.41) is 1.06. The molecular formula is C20H28N4O2S2. The Morgan fingerprint density at radius 1 is 0.964 bits per heavy atom. The van der Waals surface area contributed by atoms with E-state index in [-0.39, 0.29) is 0 Å². The van der Waals surface area contributed by atoms with Crippen molar-refractivity contribution in [2.24, 2.45) is 0 Å². The molecule has 0 radical (unpaired) electrons. The van der Waals surface area contributed by atoms with Gasteiger partial charge in [-0.15, -0.1) is 11.3 Å². The van der Waals surface area contributed by atoms with Crippen LogP contribution in [0.1, 0.15) is 29.7 Å². The van der Waals surface area contributed by atoms with E-state index < -0.39 is 10.2 Å². The summed E-state index contributed by atoms with van der Waals surface area (Å²) in [5.41, 5.74) is 2.43. The first kappa shape index (κ1) is 20.0. The van der Waals surface area contributed by atoms with Crippen molar-refractivity contribution in [1.29, 1.82) is 0 Å². The lowest BCUT2D eigenvalue weighted by Gasteiger charge is -2.26. The van der Waals surface area contributed by atoms with Crippen LogP contribution in [0, 0.1) is 6.92 Å². The second kappa shape index (κ2) is 8.59. The Kier molecular flexibility index (Phi) is 6.13. The summed E-state index contributed by atoms with van der Waals surface area (Å²) in [6.45, 7) is 7.17. The Balaban J connectivity index is 1.39. The van der Waals surface area contributed by atoms with Crippen molar-refractivity contribution in [3.05, 3.63) is 40.9 Å². The van der Waals surface area contributed by atoms with E-state index in [4.69, 9.17) is 0 Å². The molecule has 2 fully saturated rings. The molecular weight excluding hydrogens is 392 g/mol. The van der Waals surface area contributed by atoms with Crippen LogP contribution in [-0.4, -0.2) is 66.2 Å². The average molecular weight is 421 g/mol. The van der Waals surface area contributed by atoms with Crippen LogP contribution >= 0.6 is 11.3 Å². The Hall–Kier alpha value is -1.32. The Labute approximate surface area is 172 Å². The van der Waals surface area contributed by atoms with Gasteiger partial charge in [-0.2, -0.15) is 17.0 Å². The predicted octanol–water partition coefficient (Wildman–Crippen LogP) is 2.97. The maximum Gasteiger partial charge on any atom is 0.282 e. The number of nitrogens with zero attached hydrogens (tertiary/aromatic N) is 4. The molecule has 1 aromatic carbocycles. The van der Waals surface area contributed by atoms with Gasteiger partial charge in [-0.05, 0) is 38.3 Å². The molecule has 8 heteroatoms. The van der Waals surface area contributed by atoms with Crippen LogP contribution < -0.4 is 0 Å². The molecule has 0 bridgehead atoms. The van der Waals surface area contributed by atoms with Crippen molar-refractivity contribution in [2.75, 3.05) is 39.3 Å². The summed E-state index contributed by atoms with van der Waals surface area (Å²) in [6.07, 6.45) is 4.80. The fourth-order valence-corrected chi connectivity index (χ4v) is 6.72. The van der Waals surface area contributed by atoms with E-state index in [2.05, 4.69) is 28.9 Å². The molecule has 2 aliphatic heterocycles. The number of benzene rings is 1. The Morgan fingerprint density at radius 3 is 2.46 bits per heavy atom. The van der Waals surface area contributed by atoms with Gasteiger partial charge >= 0.3 is 0 Å². The van der Waals surface area contributed by atoms with Crippen LogP contribution in [0.15, 0.2) is 30.5 Å². The zero-order valence-electron chi connectivity index (χ0n) is 16.4. The molecule has 1 aromatic heterocycles. The smallest absolute Gasteiger partial charge is 0.282 e. The maximum atomic E-state index is 12.8. The molecule has 0 atom stereocenters. The van der Waals surface area contributed by atoms with Gasteiger partial charge in [0.05, 0.1) is 0 Å². The summed E-state index contributed by atoms with van der Waals surface area (Å²) >= 11 is 1.73. The predicted molar refractivity (Wildman–Crippen MR) is 113 cm³/mol. The lowest BCUT2D eigenvalue weighted by molar-refractivity contribution is 0.279. The lowest BCUT2D eigenvalue weighted by atomic mass is 10.1. The van der Waals surface area contributed by atoms with E-state index in [1.54, 1.807) is 19.9 Å². The van der Waals surface area contributed by atoms with Gasteiger partial charge < -0.3 is 0 Å². The van der Waals surface area contributed by atoms with Crippen molar-refractivity contribution in [3.8, 4) is 10.6 Å². The van der Waals surface area contributed by atoms with Gasteiger partial charge in [0.2, 0.25) is 0 Å². The number of hydrogen-bond acceptors (Lipinski definition) is 5. The molecule has 2 aliphatic rings. The van der Waals surface area contributed by atoms with Crippen LogP contribution in [-0.2, 0) is 16.8 Å². The number of thiazole rings is 1. The molecule has 0 spiro atoms. The normalized spacial score (nSPS) is 20.5. The first-order valence-electron chi connectivity index (χ1n) is 10.0. The number of hydrogen-bond donors (Lipinski definition) is 0. The molecule has 0 N–H and O–H groups in total. The highest BCUT2D eigenvalue weighted by atomic mass is 32.2. The first-order chi connectivity index (χ1) is 13.5. The van der Waals surface area contributed by atoms with Gasteiger partial charge in [0.15, 0.2) is 0 Å². The van der Waals surface area contributed by atoms with Crippen molar-refractivity contribution in [1.82, 2.24) is 18.5 Å². The highest BCUT2D eigenvalue weighted by molar-refractivity contribution is 7.86. The Bertz CT molecular complexity index is 906. The minimum absolute atomic E-state index is 0.572. The fraction of sp³-hybridized carbons (Fsp3) is 0.550. The minimum atomic E-state index is -3.29. The third-order valence-corrected chi connectivity index (χ3v) is 8.62. The first-order valence-corrected chi connectivity index (χ1v) is 12.2. The summed E-state index contributed by atoms with van der Waals surface area (Å²) < 4.78 is 29.0. The van der Waals surface area contributed by atoms with Gasteiger partial charge in [0, 0.05) is 55.9 Å². The molecule has 2 saturated heterocycles. The van der Waals surface area contributed by atoms with Crippen LogP contribution in [0.5, 0.6) is 0 Å². The van der Waals surface area contributed by atoms with Gasteiger partial charge in [-0.1, -0.05) is 24.3 Å². The molecule has 28 heavy (non-hydrogen) atoms. The molecule has 0 aliphatic carbocycles. The van der Waals surface area contributed by atoms with Crippen molar-refractivity contribution in [2.45, 2.75) is 32.7 Å². The largest absolute Gasteiger partial charge is 0.297 e. The molecule has 3 heterocycles. The third-order valence-electron chi connectivity index (χ3n) is 5.57. The van der Waals surface area contributed by atoms with Gasteiger partial charge in [-0.25, -0.2) is 4.98 Å². The second-order valence-corrected chi connectivity index (χ2v) is 10.6. The zero-order valence-corrected chi connectivity index (χ0v) is 18.0. The molecule has 4 rings (SSSR count). The van der Waals surface area contributed by atoms with Crippen LogP contribution in [0.4, 0.5) is 0 Å². The summed E-state index contributed by atoms with van der Waals surface area (Å²) in [6, 6.07) is 8.33. The monoisotopic (exact) mass is 420 g/mol. The zero-order chi connectivity index (χ0) is 19.6. The highest BCUT2D eigenvalue weighted by Gasteiger charge is 2.32. The molecule has 6 nitrogen and oxygen atoms in total. The summed E-state index contributed by atoms with van der Waals surface area (Å²) in [5.74, 6) is 0. The van der Waals surface area contributed by atoms with E-state index in [0.717, 1.165) is 43.9 Å². The third kappa shape index (κ3) is 4.31. The average Bonchev–Trinajstić information content (AvgIpc) is 3.32. The van der Waals surface area contributed by atoms with E-state index in [9.17, 15) is 8.42 Å². The number of aromatic nitrogens is 1. The number of aryl methyl sites for hydroxylation is 1. The highest BCUT2D eigenvalue weighted by Crippen LogP contribution is 2.28. The molecule has 0 amide bonds. The van der Waals surface area contributed by atoms with E-state index >= 15 is 0 Å². The van der Waals surface area contributed by atoms with E-state index in [0.29, 0.717) is 26.2 Å². The van der Waals surface area contributed by atoms with Crippen molar-refractivity contribution in [3.63, 3.8) is 0 Å². The standard InChI is InChI=1S/C20H28N4O2S2/c1-17-7-2-3-8-19(17)20-21-15-18(27-20)16-22-9-6-12-24(14-13-22)28(25,26)23-10-4-5-11-23/h2-3,7-8,15H,4-6,9-14,16H2,1H3. The van der Waals surface area contributed by atoms with Crippen molar-refractivity contribution >= 4 is 21.5 Å². The lowest BCUT2D eigenvalue weighted by Crippen LogP contribution is -2.44. The molecule has 0 unspecified atom stereocenters. The molecule has 152 valence electrons. The SMILES string of the molecule is Cc1ccccc1-c1ncc(CN2CCCN(S(=O)(=O)N3CCCC3)CC2)s1. The Morgan fingerprint density at radius 2 is 1.68 bits per heavy atom. The van der Waals surface area contributed by atoms with E-state index in [1.807, 2.05) is 18.3 Å². The van der Waals surface area contributed by atoms with Crippen LogP contribution in [0.2, 0.25) is 0 Å². The summed E-state index contributed by atoms with van der Waals surface area (Å²) in [4.78, 5) is 8.21. The fourth-order valence-electron chi connectivity index (χ4n) is 3.96. The second-order valence-electron chi connectivity index (χ2n) is 7.59. The molecule has 2 aromatic rings. The minimum Gasteiger partial charge on any atom is -0.297 e. The maximum absolute atomic E-state index is 12.8. The summed E-state index contributed by atoms with van der Waals surface area (Å²) in [7, 11) is -3.29. The van der Waals surface area contributed by atoms with Crippen molar-refractivity contribution < 1.29 is 8.42 Å². The van der Waals surface area contributed by atoms with Gasteiger partial charge in [0.1, 0.15) is 5.01 Å². The topological polar surface area (TPSA) is 56.8 Å².